The van der Waals surface area contributed by atoms with Crippen molar-refractivity contribution in [3.8, 4) is 0 Å². The maximum Gasteiger partial charge on any atom is 0.249 e. The van der Waals surface area contributed by atoms with E-state index in [1.54, 1.807) is 24.8 Å². The van der Waals surface area contributed by atoms with E-state index in [4.69, 9.17) is 0 Å². The van der Waals surface area contributed by atoms with Gasteiger partial charge in [0.2, 0.25) is 5.91 Å². The zero-order valence-corrected chi connectivity index (χ0v) is 14.3. The smallest absolute Gasteiger partial charge is 0.249 e. The second-order valence-electron chi connectivity index (χ2n) is 6.80. The molecule has 0 spiro atoms. The van der Waals surface area contributed by atoms with Gasteiger partial charge in [-0.3, -0.25) is 24.6 Å². The second kappa shape index (κ2) is 6.88. The van der Waals surface area contributed by atoms with Gasteiger partial charge in [0.25, 0.3) is 0 Å². The number of pyridine rings is 1. The molecule has 4 rings (SSSR count). The van der Waals surface area contributed by atoms with Crippen LogP contribution in [0.3, 0.4) is 0 Å². The Kier molecular flexibility index (Phi) is 4.44. The van der Waals surface area contributed by atoms with Gasteiger partial charge in [0.1, 0.15) is 5.54 Å². The van der Waals surface area contributed by atoms with Crippen LogP contribution in [-0.2, 0) is 16.9 Å². The number of hydrogen-bond donors (Lipinski definition) is 0. The lowest BCUT2D eigenvalue weighted by Crippen LogP contribution is -2.54. The zero-order chi connectivity index (χ0) is 17.1. The van der Waals surface area contributed by atoms with Crippen molar-refractivity contribution in [3.05, 3.63) is 54.4 Å². The predicted molar refractivity (Wildman–Crippen MR) is 93.4 cm³/mol. The van der Waals surface area contributed by atoms with Gasteiger partial charge in [0, 0.05) is 44.8 Å². The van der Waals surface area contributed by atoms with Crippen LogP contribution < -0.4 is 0 Å². The molecule has 2 saturated heterocycles. The molecule has 25 heavy (non-hydrogen) atoms. The van der Waals surface area contributed by atoms with Gasteiger partial charge in [-0.15, -0.1) is 0 Å². The molecule has 0 aromatic carbocycles. The standard InChI is InChI=1S/C19H23N5O/c25-18(23-11-3-4-12-23)19(17-14-20-9-10-22-17)7-5-13-24(19)15-16-6-1-2-8-21-16/h1-2,6,8-10,14H,3-5,7,11-13,15H2. The summed E-state index contributed by atoms with van der Waals surface area (Å²) in [6, 6.07) is 5.92. The lowest BCUT2D eigenvalue weighted by Gasteiger charge is -2.39. The Labute approximate surface area is 147 Å². The van der Waals surface area contributed by atoms with E-state index in [0.717, 1.165) is 56.7 Å². The monoisotopic (exact) mass is 337 g/mol. The quantitative estimate of drug-likeness (QED) is 0.854. The first-order valence-corrected chi connectivity index (χ1v) is 9.01. The van der Waals surface area contributed by atoms with Crippen LogP contribution in [0.4, 0.5) is 0 Å². The van der Waals surface area contributed by atoms with E-state index < -0.39 is 5.54 Å². The first-order valence-electron chi connectivity index (χ1n) is 9.01. The Morgan fingerprint density at radius 1 is 1.04 bits per heavy atom. The summed E-state index contributed by atoms with van der Waals surface area (Å²) in [6.45, 7) is 3.21. The number of aromatic nitrogens is 3. The van der Waals surface area contributed by atoms with Gasteiger partial charge in [0.15, 0.2) is 0 Å². The van der Waals surface area contributed by atoms with E-state index in [0.29, 0.717) is 6.54 Å². The molecule has 1 atom stereocenters. The molecule has 0 saturated carbocycles. The third-order valence-electron chi connectivity index (χ3n) is 5.32. The molecule has 1 unspecified atom stereocenters. The van der Waals surface area contributed by atoms with Gasteiger partial charge < -0.3 is 4.90 Å². The fourth-order valence-corrected chi connectivity index (χ4v) is 4.11. The summed E-state index contributed by atoms with van der Waals surface area (Å²) in [5.74, 6) is 0.180. The number of carbonyl (C=O) groups excluding carboxylic acids is 1. The first kappa shape index (κ1) is 16.1. The van der Waals surface area contributed by atoms with E-state index in [-0.39, 0.29) is 5.91 Å². The van der Waals surface area contributed by atoms with E-state index >= 15 is 0 Å². The Hall–Kier alpha value is -2.34. The van der Waals surface area contributed by atoms with E-state index in [9.17, 15) is 4.79 Å². The molecule has 2 fully saturated rings. The lowest BCUT2D eigenvalue weighted by molar-refractivity contribution is -0.143. The number of nitrogens with zero attached hydrogens (tertiary/aromatic N) is 5. The van der Waals surface area contributed by atoms with E-state index in [1.165, 1.54) is 0 Å². The first-order chi connectivity index (χ1) is 12.3. The van der Waals surface area contributed by atoms with Gasteiger partial charge in [-0.2, -0.15) is 0 Å². The molecule has 0 N–H and O–H groups in total. The number of carbonyl (C=O) groups is 1. The van der Waals surface area contributed by atoms with E-state index in [2.05, 4.69) is 19.9 Å². The molecule has 6 heteroatoms. The lowest BCUT2D eigenvalue weighted by atomic mass is 9.90. The van der Waals surface area contributed by atoms with Crippen molar-refractivity contribution in [1.82, 2.24) is 24.8 Å². The summed E-state index contributed by atoms with van der Waals surface area (Å²) < 4.78 is 0. The largest absolute Gasteiger partial charge is 0.341 e. The average Bonchev–Trinajstić information content (AvgIpc) is 3.33. The van der Waals surface area contributed by atoms with Crippen molar-refractivity contribution in [2.24, 2.45) is 0 Å². The Morgan fingerprint density at radius 3 is 2.64 bits per heavy atom. The number of amides is 1. The maximum atomic E-state index is 13.6. The average molecular weight is 337 g/mol. The number of hydrogen-bond acceptors (Lipinski definition) is 5. The normalized spacial score (nSPS) is 23.9. The van der Waals surface area contributed by atoms with Gasteiger partial charge in [-0.25, -0.2) is 0 Å². The predicted octanol–water partition coefficient (Wildman–Crippen LogP) is 1.99. The third-order valence-corrected chi connectivity index (χ3v) is 5.32. The Balaban J connectivity index is 1.72. The zero-order valence-electron chi connectivity index (χ0n) is 14.3. The van der Waals surface area contributed by atoms with Gasteiger partial charge in [-0.05, 0) is 37.8 Å². The van der Waals surface area contributed by atoms with Crippen LogP contribution in [0, 0.1) is 0 Å². The second-order valence-corrected chi connectivity index (χ2v) is 6.80. The molecule has 2 aliphatic heterocycles. The fraction of sp³-hybridized carbons (Fsp3) is 0.474. The molecule has 130 valence electrons. The van der Waals surface area contributed by atoms with Crippen molar-refractivity contribution in [3.63, 3.8) is 0 Å². The van der Waals surface area contributed by atoms with Crippen molar-refractivity contribution >= 4 is 5.91 Å². The van der Waals surface area contributed by atoms with Crippen LogP contribution in [0.2, 0.25) is 0 Å². The van der Waals surface area contributed by atoms with Crippen LogP contribution in [-0.4, -0.2) is 50.3 Å². The summed E-state index contributed by atoms with van der Waals surface area (Å²) in [5, 5.41) is 0. The summed E-state index contributed by atoms with van der Waals surface area (Å²) in [5.41, 5.74) is 1.03. The van der Waals surface area contributed by atoms with Crippen LogP contribution in [0.25, 0.3) is 0 Å². The molecular formula is C19H23N5O. The topological polar surface area (TPSA) is 62.2 Å². The number of rotatable bonds is 4. The summed E-state index contributed by atoms with van der Waals surface area (Å²) in [6.07, 6.45) is 10.8. The Morgan fingerprint density at radius 2 is 1.92 bits per heavy atom. The molecule has 4 heterocycles. The van der Waals surface area contributed by atoms with Crippen molar-refractivity contribution < 1.29 is 4.79 Å². The maximum absolute atomic E-state index is 13.6. The highest BCUT2D eigenvalue weighted by Crippen LogP contribution is 2.41. The number of likely N-dealkylation sites (tertiary alicyclic amines) is 2. The molecule has 0 radical (unpaired) electrons. The Bertz CT molecular complexity index is 717. The molecule has 0 aliphatic carbocycles. The van der Waals surface area contributed by atoms with Crippen LogP contribution in [0.5, 0.6) is 0 Å². The summed E-state index contributed by atoms with van der Waals surface area (Å²) >= 11 is 0. The van der Waals surface area contributed by atoms with Crippen LogP contribution in [0.1, 0.15) is 37.1 Å². The molecule has 2 aromatic heterocycles. The molecule has 1 amide bonds. The minimum Gasteiger partial charge on any atom is -0.341 e. The molecule has 0 bridgehead atoms. The highest BCUT2D eigenvalue weighted by Gasteiger charge is 2.52. The van der Waals surface area contributed by atoms with Gasteiger partial charge >= 0.3 is 0 Å². The molecule has 2 aliphatic rings. The summed E-state index contributed by atoms with van der Waals surface area (Å²) in [7, 11) is 0. The van der Waals surface area contributed by atoms with Crippen LogP contribution >= 0.6 is 0 Å². The molecule has 6 nitrogen and oxygen atoms in total. The minimum atomic E-state index is -0.712. The van der Waals surface area contributed by atoms with Crippen molar-refractivity contribution in [2.45, 2.75) is 37.8 Å². The van der Waals surface area contributed by atoms with Crippen molar-refractivity contribution in [2.75, 3.05) is 19.6 Å². The SMILES string of the molecule is O=C(N1CCCC1)C1(c2cnccn2)CCCN1Cc1ccccn1. The fourth-order valence-electron chi connectivity index (χ4n) is 4.11. The minimum absolute atomic E-state index is 0.180. The molecular weight excluding hydrogens is 314 g/mol. The van der Waals surface area contributed by atoms with Gasteiger partial charge in [0.05, 0.1) is 17.6 Å². The highest BCUT2D eigenvalue weighted by molar-refractivity contribution is 5.87. The third kappa shape index (κ3) is 2.91. The van der Waals surface area contributed by atoms with Gasteiger partial charge in [-0.1, -0.05) is 6.07 Å². The van der Waals surface area contributed by atoms with Crippen LogP contribution in [0.15, 0.2) is 43.0 Å². The van der Waals surface area contributed by atoms with E-state index in [1.807, 2.05) is 23.1 Å². The highest BCUT2D eigenvalue weighted by atomic mass is 16.2. The van der Waals surface area contributed by atoms with Crippen molar-refractivity contribution in [1.29, 1.82) is 0 Å². The summed E-state index contributed by atoms with van der Waals surface area (Å²) in [4.78, 5) is 31.1. The molecule has 2 aromatic rings.